The van der Waals surface area contributed by atoms with Gasteiger partial charge in [-0.25, -0.2) is 0 Å². The summed E-state index contributed by atoms with van der Waals surface area (Å²) in [7, 11) is 0. The quantitative estimate of drug-likeness (QED) is 0.757. The van der Waals surface area contributed by atoms with Gasteiger partial charge in [0.2, 0.25) is 5.91 Å². The molecule has 17 heavy (non-hydrogen) atoms. The summed E-state index contributed by atoms with van der Waals surface area (Å²) in [6, 6.07) is 0.764. The lowest BCUT2D eigenvalue weighted by atomic mass is 10.0. The van der Waals surface area contributed by atoms with Gasteiger partial charge >= 0.3 is 0 Å². The van der Waals surface area contributed by atoms with E-state index in [4.69, 9.17) is 5.73 Å². The number of rotatable bonds is 2. The van der Waals surface area contributed by atoms with Crippen LogP contribution < -0.4 is 5.73 Å². The minimum Gasteiger partial charge on any atom is -0.341 e. The van der Waals surface area contributed by atoms with Gasteiger partial charge in [0, 0.05) is 25.2 Å². The highest BCUT2D eigenvalue weighted by atomic mass is 16.2. The molecule has 2 heterocycles. The summed E-state index contributed by atoms with van der Waals surface area (Å²) in [4.78, 5) is 16.8. The molecule has 3 atom stereocenters. The van der Waals surface area contributed by atoms with E-state index in [1.54, 1.807) is 0 Å². The van der Waals surface area contributed by atoms with Crippen LogP contribution in [0.1, 0.15) is 32.1 Å². The van der Waals surface area contributed by atoms with Crippen molar-refractivity contribution in [2.45, 2.75) is 44.2 Å². The standard InChI is InChI=1S/C13H23N3O/c14-12-8-11(12)13(17)16-7-3-4-10(9-16)15-5-1-2-6-15/h10-12H,1-9,14H2. The summed E-state index contributed by atoms with van der Waals surface area (Å²) in [5.41, 5.74) is 5.77. The van der Waals surface area contributed by atoms with E-state index in [-0.39, 0.29) is 12.0 Å². The maximum atomic E-state index is 12.2. The fourth-order valence-electron chi connectivity index (χ4n) is 3.29. The van der Waals surface area contributed by atoms with Crippen molar-refractivity contribution in [1.82, 2.24) is 9.80 Å². The average molecular weight is 237 g/mol. The van der Waals surface area contributed by atoms with Crippen molar-refractivity contribution < 1.29 is 4.79 Å². The second-order valence-electron chi connectivity index (χ2n) is 5.83. The Bertz CT molecular complexity index is 301. The van der Waals surface area contributed by atoms with E-state index in [0.717, 1.165) is 25.9 Å². The molecule has 4 heteroatoms. The zero-order chi connectivity index (χ0) is 11.8. The zero-order valence-electron chi connectivity index (χ0n) is 10.5. The van der Waals surface area contributed by atoms with Gasteiger partial charge in [0.05, 0.1) is 5.92 Å². The molecule has 0 aromatic rings. The Morgan fingerprint density at radius 1 is 1.12 bits per heavy atom. The van der Waals surface area contributed by atoms with Gasteiger partial charge in [0.1, 0.15) is 0 Å². The molecule has 0 aromatic carbocycles. The summed E-state index contributed by atoms with van der Waals surface area (Å²) >= 11 is 0. The predicted molar refractivity (Wildman–Crippen MR) is 66.5 cm³/mol. The van der Waals surface area contributed by atoms with Crippen LogP contribution in [0.15, 0.2) is 0 Å². The van der Waals surface area contributed by atoms with Crippen LogP contribution in [-0.2, 0) is 4.79 Å². The summed E-state index contributed by atoms with van der Waals surface area (Å²) in [6.45, 7) is 4.36. The molecule has 2 aliphatic heterocycles. The van der Waals surface area contributed by atoms with Crippen molar-refractivity contribution in [2.75, 3.05) is 26.2 Å². The van der Waals surface area contributed by atoms with E-state index < -0.39 is 0 Å². The Morgan fingerprint density at radius 2 is 1.82 bits per heavy atom. The summed E-state index contributed by atoms with van der Waals surface area (Å²) in [6.07, 6.45) is 6.00. The molecule has 0 radical (unpaired) electrons. The Hall–Kier alpha value is -0.610. The normalized spacial score (nSPS) is 38.4. The lowest BCUT2D eigenvalue weighted by molar-refractivity contribution is -0.134. The van der Waals surface area contributed by atoms with Crippen molar-refractivity contribution in [1.29, 1.82) is 0 Å². The first-order valence-electron chi connectivity index (χ1n) is 7.04. The molecule has 96 valence electrons. The minimum atomic E-state index is 0.146. The molecule has 3 unspecified atom stereocenters. The number of hydrogen-bond acceptors (Lipinski definition) is 3. The topological polar surface area (TPSA) is 49.6 Å². The number of piperidine rings is 1. The fourth-order valence-corrected chi connectivity index (χ4v) is 3.29. The number of carbonyl (C=O) groups excluding carboxylic acids is 1. The Morgan fingerprint density at radius 3 is 2.47 bits per heavy atom. The SMILES string of the molecule is NC1CC1C(=O)N1CCCC(N2CCCC2)C1. The van der Waals surface area contributed by atoms with Gasteiger partial charge in [-0.1, -0.05) is 0 Å². The summed E-state index contributed by atoms with van der Waals surface area (Å²) < 4.78 is 0. The number of nitrogens with two attached hydrogens (primary N) is 1. The van der Waals surface area contributed by atoms with Crippen molar-refractivity contribution in [2.24, 2.45) is 11.7 Å². The number of carbonyl (C=O) groups is 1. The fraction of sp³-hybridized carbons (Fsp3) is 0.923. The van der Waals surface area contributed by atoms with Crippen molar-refractivity contribution in [3.63, 3.8) is 0 Å². The Labute approximate surface area is 103 Å². The lowest BCUT2D eigenvalue weighted by Crippen LogP contribution is -2.49. The van der Waals surface area contributed by atoms with E-state index in [1.807, 2.05) is 0 Å². The second kappa shape index (κ2) is 4.58. The smallest absolute Gasteiger partial charge is 0.227 e. The number of nitrogens with zero attached hydrogens (tertiary/aromatic N) is 2. The number of likely N-dealkylation sites (tertiary alicyclic amines) is 2. The van der Waals surface area contributed by atoms with Crippen LogP contribution >= 0.6 is 0 Å². The van der Waals surface area contributed by atoms with Gasteiger partial charge in [-0.15, -0.1) is 0 Å². The first-order chi connectivity index (χ1) is 8.25. The van der Waals surface area contributed by atoms with E-state index in [1.165, 1.54) is 32.4 Å². The van der Waals surface area contributed by atoms with E-state index in [2.05, 4.69) is 9.80 Å². The van der Waals surface area contributed by atoms with E-state index >= 15 is 0 Å². The molecule has 1 amide bonds. The van der Waals surface area contributed by atoms with Crippen LogP contribution in [0.25, 0.3) is 0 Å². The molecule has 1 saturated carbocycles. The van der Waals surface area contributed by atoms with Gasteiger partial charge in [-0.3, -0.25) is 9.69 Å². The third kappa shape index (κ3) is 2.33. The molecule has 3 aliphatic rings. The van der Waals surface area contributed by atoms with Gasteiger partial charge in [0.15, 0.2) is 0 Å². The minimum absolute atomic E-state index is 0.146. The Kier molecular flexibility index (Phi) is 3.09. The van der Waals surface area contributed by atoms with Crippen molar-refractivity contribution >= 4 is 5.91 Å². The molecule has 0 spiro atoms. The van der Waals surface area contributed by atoms with Crippen LogP contribution in [0.3, 0.4) is 0 Å². The van der Waals surface area contributed by atoms with Crippen LogP contribution in [0, 0.1) is 5.92 Å². The molecule has 0 aromatic heterocycles. The monoisotopic (exact) mass is 237 g/mol. The summed E-state index contributed by atoms with van der Waals surface area (Å²) in [5.74, 6) is 0.466. The highest BCUT2D eigenvalue weighted by Gasteiger charge is 2.43. The molecule has 2 N–H and O–H groups in total. The predicted octanol–water partition coefficient (Wildman–Crippen LogP) is 0.420. The maximum absolute atomic E-state index is 12.2. The van der Waals surface area contributed by atoms with Crippen LogP contribution in [0.2, 0.25) is 0 Å². The van der Waals surface area contributed by atoms with Gasteiger partial charge in [0.25, 0.3) is 0 Å². The van der Waals surface area contributed by atoms with E-state index in [0.29, 0.717) is 11.9 Å². The Balaban J connectivity index is 1.57. The second-order valence-corrected chi connectivity index (χ2v) is 5.83. The van der Waals surface area contributed by atoms with Gasteiger partial charge < -0.3 is 10.6 Å². The molecule has 4 nitrogen and oxygen atoms in total. The van der Waals surface area contributed by atoms with Crippen molar-refractivity contribution in [3.05, 3.63) is 0 Å². The summed E-state index contributed by atoms with van der Waals surface area (Å²) in [5, 5.41) is 0. The third-order valence-corrected chi connectivity index (χ3v) is 4.52. The highest BCUT2D eigenvalue weighted by Crippen LogP contribution is 2.31. The largest absolute Gasteiger partial charge is 0.341 e. The first kappa shape index (κ1) is 11.5. The molecule has 2 saturated heterocycles. The lowest BCUT2D eigenvalue weighted by Gasteiger charge is -2.37. The third-order valence-electron chi connectivity index (χ3n) is 4.52. The van der Waals surface area contributed by atoms with Crippen LogP contribution in [0.5, 0.6) is 0 Å². The van der Waals surface area contributed by atoms with Gasteiger partial charge in [-0.2, -0.15) is 0 Å². The number of amides is 1. The highest BCUT2D eigenvalue weighted by molar-refractivity contribution is 5.82. The molecular weight excluding hydrogens is 214 g/mol. The maximum Gasteiger partial charge on any atom is 0.227 e. The van der Waals surface area contributed by atoms with Crippen LogP contribution in [-0.4, -0.2) is 54.0 Å². The molecule has 0 bridgehead atoms. The zero-order valence-corrected chi connectivity index (χ0v) is 10.5. The average Bonchev–Trinajstić information content (AvgIpc) is 2.87. The van der Waals surface area contributed by atoms with E-state index in [9.17, 15) is 4.79 Å². The van der Waals surface area contributed by atoms with Crippen LogP contribution in [0.4, 0.5) is 0 Å². The molecular formula is C13H23N3O. The van der Waals surface area contributed by atoms with Gasteiger partial charge in [-0.05, 0) is 45.2 Å². The molecule has 3 fully saturated rings. The number of hydrogen-bond donors (Lipinski definition) is 1. The molecule has 3 rings (SSSR count). The first-order valence-corrected chi connectivity index (χ1v) is 7.04. The molecule has 1 aliphatic carbocycles. The van der Waals surface area contributed by atoms with Crippen molar-refractivity contribution in [3.8, 4) is 0 Å².